The van der Waals surface area contributed by atoms with Gasteiger partial charge in [-0.3, -0.25) is 4.90 Å². The van der Waals surface area contributed by atoms with Gasteiger partial charge >= 0.3 is 5.97 Å². The second-order valence-corrected chi connectivity index (χ2v) is 7.53. The summed E-state index contributed by atoms with van der Waals surface area (Å²) in [4.78, 5) is 13.3. The number of aliphatic carboxylic acids is 1. The molecule has 1 aliphatic carbocycles. The van der Waals surface area contributed by atoms with Crippen molar-refractivity contribution in [3.8, 4) is 0 Å². The summed E-state index contributed by atoms with van der Waals surface area (Å²) < 4.78 is 5.15. The van der Waals surface area contributed by atoms with E-state index in [1.54, 1.807) is 0 Å². The Balaban J connectivity index is 1.67. The smallest absolute Gasteiger partial charge is 0.329 e. The van der Waals surface area contributed by atoms with Crippen molar-refractivity contribution in [2.24, 2.45) is 0 Å². The lowest BCUT2D eigenvalue weighted by Gasteiger charge is -2.49. The van der Waals surface area contributed by atoms with Crippen LogP contribution in [0.5, 0.6) is 0 Å². The van der Waals surface area contributed by atoms with Gasteiger partial charge < -0.3 is 9.84 Å². The Labute approximate surface area is 151 Å². The molecule has 1 aliphatic heterocycles. The Kier molecular flexibility index (Phi) is 6.49. The number of piperidine rings is 1. The third-order valence-electron chi connectivity index (χ3n) is 5.89. The molecule has 0 amide bonds. The molecule has 1 saturated carbocycles. The normalized spacial score (nSPS) is 21.1. The number of hydrogen-bond donors (Lipinski definition) is 1. The highest BCUT2D eigenvalue weighted by Gasteiger charge is 2.39. The fourth-order valence-electron chi connectivity index (χ4n) is 4.58. The van der Waals surface area contributed by atoms with E-state index >= 15 is 0 Å². The van der Waals surface area contributed by atoms with Crippen molar-refractivity contribution in [2.75, 3.05) is 26.3 Å². The highest BCUT2D eigenvalue weighted by molar-refractivity contribution is 5.67. The molecule has 1 aromatic rings. The Bertz CT molecular complexity index is 543. The minimum Gasteiger partial charge on any atom is -0.480 e. The number of carboxylic acids is 1. The van der Waals surface area contributed by atoms with Gasteiger partial charge in [0.25, 0.3) is 0 Å². The quantitative estimate of drug-likeness (QED) is 0.760. The van der Waals surface area contributed by atoms with E-state index in [1.165, 1.54) is 75.6 Å². The molecule has 138 valence electrons. The van der Waals surface area contributed by atoms with E-state index in [-0.39, 0.29) is 12.1 Å². The molecule has 0 aromatic heterocycles. The first-order chi connectivity index (χ1) is 12.2. The van der Waals surface area contributed by atoms with Crippen LogP contribution < -0.4 is 0 Å². The molecule has 4 heteroatoms. The molecule has 2 fully saturated rings. The Morgan fingerprint density at radius 3 is 2.28 bits per heavy atom. The summed E-state index contributed by atoms with van der Waals surface area (Å²) in [5.41, 5.74) is 2.94. The van der Waals surface area contributed by atoms with Crippen LogP contribution in [-0.2, 0) is 21.5 Å². The first-order valence-electron chi connectivity index (χ1n) is 9.85. The van der Waals surface area contributed by atoms with Gasteiger partial charge in [0.2, 0.25) is 0 Å². The zero-order valence-corrected chi connectivity index (χ0v) is 15.2. The van der Waals surface area contributed by atoms with Crippen molar-refractivity contribution in [1.29, 1.82) is 0 Å². The monoisotopic (exact) mass is 345 g/mol. The van der Waals surface area contributed by atoms with Gasteiger partial charge in [0.15, 0.2) is 0 Å². The van der Waals surface area contributed by atoms with Crippen LogP contribution in [0.1, 0.15) is 62.5 Å². The van der Waals surface area contributed by atoms with E-state index in [4.69, 9.17) is 9.84 Å². The van der Waals surface area contributed by atoms with E-state index in [0.717, 1.165) is 6.42 Å². The van der Waals surface area contributed by atoms with Crippen LogP contribution in [0.3, 0.4) is 0 Å². The van der Waals surface area contributed by atoms with E-state index in [9.17, 15) is 4.79 Å². The minimum atomic E-state index is -0.906. The number of likely N-dealkylation sites (tertiary alicyclic amines) is 1. The molecule has 0 atom stereocenters. The largest absolute Gasteiger partial charge is 0.480 e. The van der Waals surface area contributed by atoms with E-state index in [1.807, 2.05) is 0 Å². The molecule has 0 spiro atoms. The Hall–Kier alpha value is -1.39. The number of rotatable bonds is 7. The van der Waals surface area contributed by atoms with Crippen LogP contribution in [0.15, 0.2) is 24.3 Å². The number of nitrogens with zero attached hydrogens (tertiary/aromatic N) is 1. The third kappa shape index (κ3) is 4.62. The van der Waals surface area contributed by atoms with Crippen molar-refractivity contribution >= 4 is 5.97 Å². The SMILES string of the molecule is O=C(O)COCCc1ccc(C2(N3CCCCC3)CCCCC2)cc1. The molecule has 0 bridgehead atoms. The fourth-order valence-corrected chi connectivity index (χ4v) is 4.58. The van der Waals surface area contributed by atoms with Crippen LogP contribution in [0.2, 0.25) is 0 Å². The van der Waals surface area contributed by atoms with Crippen LogP contribution in [-0.4, -0.2) is 42.3 Å². The molecule has 0 unspecified atom stereocenters. The molecule has 3 rings (SSSR count). The van der Waals surface area contributed by atoms with Gasteiger partial charge in [-0.25, -0.2) is 4.79 Å². The van der Waals surface area contributed by atoms with Crippen LogP contribution in [0.25, 0.3) is 0 Å². The maximum atomic E-state index is 10.5. The summed E-state index contributed by atoms with van der Waals surface area (Å²) in [6, 6.07) is 9.04. The highest BCUT2D eigenvalue weighted by atomic mass is 16.5. The zero-order chi connectivity index (χ0) is 17.5. The van der Waals surface area contributed by atoms with Crippen LogP contribution in [0.4, 0.5) is 0 Å². The standard InChI is InChI=1S/C21H31NO3/c23-20(24)17-25-16-11-18-7-9-19(10-8-18)21(12-3-1-4-13-21)22-14-5-2-6-15-22/h7-10H,1-6,11-17H2,(H,23,24). The predicted molar refractivity (Wildman–Crippen MR) is 98.8 cm³/mol. The third-order valence-corrected chi connectivity index (χ3v) is 5.89. The van der Waals surface area contributed by atoms with E-state index < -0.39 is 5.97 Å². The average molecular weight is 345 g/mol. The van der Waals surface area contributed by atoms with E-state index in [0.29, 0.717) is 6.61 Å². The van der Waals surface area contributed by atoms with Gasteiger partial charge in [-0.05, 0) is 56.3 Å². The molecule has 0 radical (unpaired) electrons. The number of carbonyl (C=O) groups is 1. The van der Waals surface area contributed by atoms with Crippen molar-refractivity contribution in [3.63, 3.8) is 0 Å². The first-order valence-corrected chi connectivity index (χ1v) is 9.85. The molecular weight excluding hydrogens is 314 g/mol. The second kappa shape index (κ2) is 8.81. The van der Waals surface area contributed by atoms with Gasteiger partial charge in [0, 0.05) is 5.54 Å². The molecule has 1 heterocycles. The molecular formula is C21H31NO3. The van der Waals surface area contributed by atoms with Crippen LogP contribution >= 0.6 is 0 Å². The highest BCUT2D eigenvalue weighted by Crippen LogP contribution is 2.43. The Morgan fingerprint density at radius 1 is 1.00 bits per heavy atom. The summed E-state index contributed by atoms with van der Waals surface area (Å²) in [6.07, 6.45) is 11.4. The van der Waals surface area contributed by atoms with Gasteiger partial charge in [-0.15, -0.1) is 0 Å². The number of hydrogen-bond acceptors (Lipinski definition) is 3. The lowest BCUT2D eigenvalue weighted by Crippen LogP contribution is -2.49. The Morgan fingerprint density at radius 2 is 1.64 bits per heavy atom. The lowest BCUT2D eigenvalue weighted by atomic mass is 9.74. The maximum absolute atomic E-state index is 10.5. The van der Waals surface area contributed by atoms with Gasteiger partial charge in [0.05, 0.1) is 6.61 Å². The maximum Gasteiger partial charge on any atom is 0.329 e. The number of benzene rings is 1. The average Bonchev–Trinajstić information content (AvgIpc) is 2.67. The topological polar surface area (TPSA) is 49.8 Å². The molecule has 1 N–H and O–H groups in total. The lowest BCUT2D eigenvalue weighted by molar-refractivity contribution is -0.142. The van der Waals surface area contributed by atoms with Crippen molar-refractivity contribution in [2.45, 2.75) is 63.3 Å². The summed E-state index contributed by atoms with van der Waals surface area (Å²) in [5, 5.41) is 8.61. The molecule has 25 heavy (non-hydrogen) atoms. The van der Waals surface area contributed by atoms with Gasteiger partial charge in [-0.2, -0.15) is 0 Å². The number of ether oxygens (including phenoxy) is 1. The summed E-state index contributed by atoms with van der Waals surface area (Å²) in [6.45, 7) is 2.73. The minimum absolute atomic E-state index is 0.212. The van der Waals surface area contributed by atoms with Crippen molar-refractivity contribution in [1.82, 2.24) is 4.90 Å². The predicted octanol–water partition coefficient (Wildman–Crippen LogP) is 3.98. The van der Waals surface area contributed by atoms with E-state index in [2.05, 4.69) is 29.2 Å². The molecule has 1 saturated heterocycles. The molecule has 1 aromatic carbocycles. The van der Waals surface area contributed by atoms with Crippen molar-refractivity contribution < 1.29 is 14.6 Å². The fraction of sp³-hybridized carbons (Fsp3) is 0.667. The summed E-state index contributed by atoms with van der Waals surface area (Å²) in [7, 11) is 0. The van der Waals surface area contributed by atoms with Crippen LogP contribution in [0, 0.1) is 0 Å². The van der Waals surface area contributed by atoms with Gasteiger partial charge in [-0.1, -0.05) is 49.9 Å². The molecule has 2 aliphatic rings. The van der Waals surface area contributed by atoms with Crippen molar-refractivity contribution in [3.05, 3.63) is 35.4 Å². The zero-order valence-electron chi connectivity index (χ0n) is 15.2. The van der Waals surface area contributed by atoms with Gasteiger partial charge in [0.1, 0.15) is 6.61 Å². The second-order valence-electron chi connectivity index (χ2n) is 7.53. The summed E-state index contributed by atoms with van der Waals surface area (Å²) >= 11 is 0. The number of carboxylic acid groups (broad SMARTS) is 1. The summed E-state index contributed by atoms with van der Waals surface area (Å²) in [5.74, 6) is -0.906. The first kappa shape index (κ1) is 18.4. The molecule has 4 nitrogen and oxygen atoms in total.